The van der Waals surface area contributed by atoms with E-state index in [-0.39, 0.29) is 29.1 Å². The molecule has 2 unspecified atom stereocenters. The van der Waals surface area contributed by atoms with Crippen molar-refractivity contribution in [2.45, 2.75) is 61.5 Å². The topological polar surface area (TPSA) is 81.2 Å². The number of aliphatic hydroxyl groups is 1. The van der Waals surface area contributed by atoms with Crippen molar-refractivity contribution in [2.75, 3.05) is 39.8 Å². The number of aliphatic hydroxyl groups excluding tert-OH is 1. The first-order chi connectivity index (χ1) is 15.7. The molecule has 0 aromatic rings. The minimum absolute atomic E-state index is 0.0473. The van der Waals surface area contributed by atoms with Crippen LogP contribution in [0.2, 0.25) is 0 Å². The molecule has 3 aliphatic heterocycles. The molecule has 3 heterocycles. The van der Waals surface area contributed by atoms with Gasteiger partial charge in [0.05, 0.1) is 16.6 Å². The summed E-state index contributed by atoms with van der Waals surface area (Å²) in [6, 6.07) is -0.618. The third kappa shape index (κ3) is 4.25. The van der Waals surface area contributed by atoms with Crippen LogP contribution in [0.4, 0.5) is 0 Å². The summed E-state index contributed by atoms with van der Waals surface area (Å²) >= 11 is 1.69. The largest absolute Gasteiger partial charge is 0.396 e. The van der Waals surface area contributed by atoms with E-state index in [1.54, 1.807) is 40.8 Å². The summed E-state index contributed by atoms with van der Waals surface area (Å²) < 4.78 is -0.986. The number of rotatable bonds is 12. The zero-order chi connectivity index (χ0) is 24.4. The van der Waals surface area contributed by atoms with Crippen molar-refractivity contribution < 1.29 is 19.5 Å². The minimum Gasteiger partial charge on any atom is -0.396 e. The molecule has 0 aliphatic carbocycles. The third-order valence-corrected chi connectivity index (χ3v) is 9.54. The van der Waals surface area contributed by atoms with Crippen LogP contribution in [0.3, 0.4) is 0 Å². The Kier molecular flexibility index (Phi) is 7.99. The normalized spacial score (nSPS) is 32.1. The van der Waals surface area contributed by atoms with E-state index in [1.165, 1.54) is 0 Å². The number of thioether (sulfide) groups is 1. The first kappa shape index (κ1) is 25.8. The van der Waals surface area contributed by atoms with Crippen LogP contribution >= 0.6 is 11.8 Å². The van der Waals surface area contributed by atoms with E-state index in [0.29, 0.717) is 32.6 Å². The van der Waals surface area contributed by atoms with Gasteiger partial charge < -0.3 is 19.8 Å². The van der Waals surface area contributed by atoms with Crippen LogP contribution < -0.4 is 0 Å². The maximum Gasteiger partial charge on any atom is 0.247 e. The van der Waals surface area contributed by atoms with E-state index >= 15 is 0 Å². The van der Waals surface area contributed by atoms with Crippen LogP contribution in [-0.4, -0.2) is 92.9 Å². The van der Waals surface area contributed by atoms with Gasteiger partial charge in [0, 0.05) is 44.6 Å². The van der Waals surface area contributed by atoms with E-state index < -0.39 is 22.6 Å². The van der Waals surface area contributed by atoms with Crippen LogP contribution in [0.1, 0.15) is 46.0 Å². The number of fused-ring (bicyclic) bond motifs is 1. The molecule has 7 nitrogen and oxygen atoms in total. The summed E-state index contributed by atoms with van der Waals surface area (Å²) in [7, 11) is 1.75. The lowest BCUT2D eigenvalue weighted by Gasteiger charge is -2.37. The molecule has 33 heavy (non-hydrogen) atoms. The Morgan fingerprint density at radius 2 is 1.91 bits per heavy atom. The standard InChI is InChI=1S/C25H39N3O4S/c1-6-9-15-27(14-8-3)23(32)20-25-12-11-24(4,33-25)18(21(30)26(5)13-7-2)19(25)22(31)28(20)16-10-17-29/h7-8,18-20,29H,2-3,6,9-17H2,1,4-5H3/t18-,19-,20?,24+,25?/m0/s1. The number of nitrogens with zero attached hydrogens (tertiary/aromatic N) is 3. The second-order valence-electron chi connectivity index (χ2n) is 9.77. The molecule has 1 N–H and O–H groups in total. The predicted molar refractivity (Wildman–Crippen MR) is 132 cm³/mol. The zero-order valence-electron chi connectivity index (χ0n) is 20.3. The summed E-state index contributed by atoms with van der Waals surface area (Å²) in [5, 5.41) is 9.47. The second kappa shape index (κ2) is 10.2. The summed E-state index contributed by atoms with van der Waals surface area (Å²) in [4.78, 5) is 46.5. The number of carbonyl (C=O) groups excluding carboxylic acids is 3. The monoisotopic (exact) mass is 477 g/mol. The number of hydrogen-bond acceptors (Lipinski definition) is 5. The van der Waals surface area contributed by atoms with Gasteiger partial charge in [-0.1, -0.05) is 25.5 Å². The van der Waals surface area contributed by atoms with Gasteiger partial charge in [0.2, 0.25) is 17.7 Å². The average Bonchev–Trinajstić information content (AvgIpc) is 3.35. The fraction of sp³-hybridized carbons (Fsp3) is 0.720. The molecule has 3 saturated heterocycles. The van der Waals surface area contributed by atoms with Crippen LogP contribution in [0.15, 0.2) is 25.3 Å². The van der Waals surface area contributed by atoms with Crippen molar-refractivity contribution in [3.8, 4) is 0 Å². The summed E-state index contributed by atoms with van der Waals surface area (Å²) in [6.07, 6.45) is 7.21. The number of hydrogen-bond donors (Lipinski definition) is 1. The van der Waals surface area contributed by atoms with Gasteiger partial charge in [-0.2, -0.15) is 0 Å². The van der Waals surface area contributed by atoms with Crippen LogP contribution in [0.25, 0.3) is 0 Å². The van der Waals surface area contributed by atoms with E-state index in [0.717, 1.165) is 25.7 Å². The van der Waals surface area contributed by atoms with Gasteiger partial charge in [-0.3, -0.25) is 14.4 Å². The van der Waals surface area contributed by atoms with Crippen molar-refractivity contribution >= 4 is 29.5 Å². The quantitative estimate of drug-likeness (QED) is 0.436. The molecule has 184 valence electrons. The summed E-state index contributed by atoms with van der Waals surface area (Å²) in [5.74, 6) is -1.20. The van der Waals surface area contributed by atoms with Gasteiger partial charge in [-0.25, -0.2) is 0 Å². The molecular weight excluding hydrogens is 438 g/mol. The Morgan fingerprint density at radius 3 is 2.52 bits per heavy atom. The third-order valence-electron chi connectivity index (χ3n) is 7.56. The molecule has 3 rings (SSSR count). The SMILES string of the molecule is C=CCN(C)C(=O)[C@@H]1[C@H]2C(=O)N(CCCO)C(C(=O)N(CC=C)CCCC)C23CC[C@@]1(C)S3. The van der Waals surface area contributed by atoms with E-state index in [4.69, 9.17) is 0 Å². The summed E-state index contributed by atoms with van der Waals surface area (Å²) in [6.45, 7) is 13.5. The highest BCUT2D eigenvalue weighted by atomic mass is 32.2. The smallest absolute Gasteiger partial charge is 0.247 e. The lowest BCUT2D eigenvalue weighted by Crippen LogP contribution is -2.55. The maximum absolute atomic E-state index is 14.0. The van der Waals surface area contributed by atoms with Crippen molar-refractivity contribution in [2.24, 2.45) is 11.8 Å². The Morgan fingerprint density at radius 1 is 1.21 bits per heavy atom. The number of unbranched alkanes of at least 4 members (excludes halogenated alkanes) is 1. The number of amides is 3. The van der Waals surface area contributed by atoms with Crippen molar-refractivity contribution in [1.82, 2.24) is 14.7 Å². The number of carbonyl (C=O) groups is 3. The fourth-order valence-electron chi connectivity index (χ4n) is 6.05. The highest BCUT2D eigenvalue weighted by Gasteiger charge is 2.77. The Labute approximate surface area is 202 Å². The molecule has 0 aromatic heterocycles. The van der Waals surface area contributed by atoms with E-state index in [9.17, 15) is 19.5 Å². The fourth-order valence-corrected chi connectivity index (χ4v) is 8.40. The highest BCUT2D eigenvalue weighted by Crippen LogP contribution is 2.71. The van der Waals surface area contributed by atoms with Gasteiger partial charge in [0.15, 0.2) is 0 Å². The van der Waals surface area contributed by atoms with Gasteiger partial charge in [-0.15, -0.1) is 24.9 Å². The average molecular weight is 478 g/mol. The zero-order valence-corrected chi connectivity index (χ0v) is 21.1. The second-order valence-corrected chi connectivity index (χ2v) is 11.7. The van der Waals surface area contributed by atoms with Crippen molar-refractivity contribution in [3.05, 3.63) is 25.3 Å². The van der Waals surface area contributed by atoms with E-state index in [2.05, 4.69) is 27.0 Å². The minimum atomic E-state index is -0.618. The molecule has 5 atom stereocenters. The van der Waals surface area contributed by atoms with Crippen molar-refractivity contribution in [1.29, 1.82) is 0 Å². The molecule has 0 radical (unpaired) electrons. The maximum atomic E-state index is 14.0. The lowest BCUT2D eigenvalue weighted by molar-refractivity contribution is -0.145. The molecular formula is C25H39N3O4S. The predicted octanol–water partition coefficient (Wildman–Crippen LogP) is 2.31. The molecule has 0 saturated carbocycles. The molecule has 0 aromatic carbocycles. The summed E-state index contributed by atoms with van der Waals surface area (Å²) in [5.41, 5.74) is 0. The first-order valence-corrected chi connectivity index (χ1v) is 12.9. The number of likely N-dealkylation sites (N-methyl/N-ethyl adjacent to an activating group) is 1. The first-order valence-electron chi connectivity index (χ1n) is 12.1. The van der Waals surface area contributed by atoms with Gasteiger partial charge in [-0.05, 0) is 32.6 Å². The van der Waals surface area contributed by atoms with E-state index in [1.807, 2.05) is 4.90 Å². The number of likely N-dealkylation sites (tertiary alicyclic amines) is 1. The van der Waals surface area contributed by atoms with Gasteiger partial charge in [0.1, 0.15) is 6.04 Å². The van der Waals surface area contributed by atoms with Crippen LogP contribution in [0, 0.1) is 11.8 Å². The Balaban J connectivity index is 2.03. The van der Waals surface area contributed by atoms with Gasteiger partial charge in [0.25, 0.3) is 0 Å². The molecule has 8 heteroatoms. The molecule has 1 spiro atoms. The highest BCUT2D eigenvalue weighted by molar-refractivity contribution is 8.02. The molecule has 2 bridgehead atoms. The van der Waals surface area contributed by atoms with Gasteiger partial charge >= 0.3 is 0 Å². The Hall–Kier alpha value is -1.80. The van der Waals surface area contributed by atoms with Crippen LogP contribution in [0.5, 0.6) is 0 Å². The molecule has 3 amide bonds. The lowest BCUT2D eigenvalue weighted by atomic mass is 9.66. The van der Waals surface area contributed by atoms with Crippen LogP contribution in [-0.2, 0) is 14.4 Å². The van der Waals surface area contributed by atoms with Crippen molar-refractivity contribution in [3.63, 3.8) is 0 Å². The molecule has 3 aliphatic rings. The Bertz CT molecular complexity index is 805. The molecule has 3 fully saturated rings.